The normalized spacial score (nSPS) is 15.7. The number of carbonyl (C=O) groups excluding carboxylic acids is 2. The number of hydrazone groups is 1. The summed E-state index contributed by atoms with van der Waals surface area (Å²) in [5, 5.41) is 8.60. The van der Waals surface area contributed by atoms with E-state index in [2.05, 4.69) is 15.0 Å². The number of primary amides is 1. The van der Waals surface area contributed by atoms with E-state index in [0.29, 0.717) is 29.8 Å². The lowest BCUT2D eigenvalue weighted by molar-refractivity contribution is 0.0925. The number of hydrogen-bond acceptors (Lipinski definition) is 5. The van der Waals surface area contributed by atoms with Crippen LogP contribution < -0.4 is 27.7 Å². The fourth-order valence-corrected chi connectivity index (χ4v) is 4.20. The molecule has 9 nitrogen and oxygen atoms in total. The van der Waals surface area contributed by atoms with Gasteiger partial charge >= 0.3 is 0 Å². The summed E-state index contributed by atoms with van der Waals surface area (Å²) in [6.45, 7) is 2.57. The molecule has 0 aliphatic carbocycles. The minimum absolute atomic E-state index is 0.0623. The highest BCUT2D eigenvalue weighted by Gasteiger charge is 2.28. The molecular weight excluding hydrogens is 394 g/mol. The average molecular weight is 419 g/mol. The summed E-state index contributed by atoms with van der Waals surface area (Å²) in [6, 6.07) is 12.8. The van der Waals surface area contributed by atoms with Gasteiger partial charge in [-0.05, 0) is 56.2 Å². The molecule has 2 heterocycles. The number of anilines is 1. The smallest absolute Gasteiger partial charge is 0.251 e. The van der Waals surface area contributed by atoms with E-state index in [-0.39, 0.29) is 11.9 Å². The van der Waals surface area contributed by atoms with E-state index >= 15 is 0 Å². The van der Waals surface area contributed by atoms with Gasteiger partial charge < -0.3 is 21.5 Å². The summed E-state index contributed by atoms with van der Waals surface area (Å²) in [5.74, 6) is 10.3. The molecule has 2 aromatic carbocycles. The number of nitrogens with one attached hydrogen (secondary N) is 1. The average Bonchev–Trinajstić information content (AvgIpc) is 3.06. The van der Waals surface area contributed by atoms with E-state index < -0.39 is 5.91 Å². The number of aromatic nitrogens is 1. The predicted octanol–water partition coefficient (Wildman–Crippen LogP) is 1.38. The van der Waals surface area contributed by atoms with Gasteiger partial charge in [0.2, 0.25) is 0 Å². The number of hydrazine groups is 1. The fraction of sp³-hybridized carbons (Fsp3) is 0.227. The van der Waals surface area contributed by atoms with Crippen molar-refractivity contribution in [1.82, 2.24) is 9.88 Å². The Balaban J connectivity index is 1.54. The third-order valence-electron chi connectivity index (χ3n) is 5.66. The Labute approximate surface area is 179 Å². The maximum atomic E-state index is 12.8. The van der Waals surface area contributed by atoms with Gasteiger partial charge in [-0.2, -0.15) is 5.10 Å². The lowest BCUT2D eigenvalue weighted by Gasteiger charge is -2.27. The number of aryl methyl sites for hydroxylation is 1. The van der Waals surface area contributed by atoms with Crippen molar-refractivity contribution in [2.24, 2.45) is 22.5 Å². The van der Waals surface area contributed by atoms with Crippen molar-refractivity contribution in [1.29, 1.82) is 0 Å². The first-order valence-corrected chi connectivity index (χ1v) is 9.98. The van der Waals surface area contributed by atoms with Crippen LogP contribution in [0.1, 0.15) is 38.4 Å². The minimum Gasteiger partial charge on any atom is -0.366 e. The number of benzene rings is 2. The summed E-state index contributed by atoms with van der Waals surface area (Å²) >= 11 is 0. The number of rotatable bonds is 5. The van der Waals surface area contributed by atoms with Crippen LogP contribution in [0.3, 0.4) is 0 Å². The number of carbonyl (C=O) groups is 2. The Morgan fingerprint density at radius 3 is 2.65 bits per heavy atom. The summed E-state index contributed by atoms with van der Waals surface area (Å²) < 4.78 is 2.10. The van der Waals surface area contributed by atoms with Crippen molar-refractivity contribution in [2.45, 2.75) is 32.4 Å². The van der Waals surface area contributed by atoms with E-state index in [1.54, 1.807) is 24.3 Å². The maximum Gasteiger partial charge on any atom is 0.251 e. The van der Waals surface area contributed by atoms with Crippen LogP contribution in [0.5, 0.6) is 0 Å². The van der Waals surface area contributed by atoms with Crippen molar-refractivity contribution in [3.05, 3.63) is 64.8 Å². The van der Waals surface area contributed by atoms with E-state index in [1.165, 1.54) is 11.3 Å². The molecule has 0 fully saturated rings. The molecule has 4 rings (SSSR count). The van der Waals surface area contributed by atoms with E-state index in [9.17, 15) is 9.59 Å². The second kappa shape index (κ2) is 8.11. The molecule has 9 heteroatoms. The molecule has 3 aromatic rings. The minimum atomic E-state index is -0.416. The summed E-state index contributed by atoms with van der Waals surface area (Å²) in [7, 11) is 0. The zero-order chi connectivity index (χ0) is 22.1. The Morgan fingerprint density at radius 1 is 1.23 bits per heavy atom. The van der Waals surface area contributed by atoms with E-state index in [4.69, 9.17) is 17.4 Å². The topological polar surface area (TPSA) is 145 Å². The van der Waals surface area contributed by atoms with Gasteiger partial charge in [-0.1, -0.05) is 11.6 Å². The molecule has 31 heavy (non-hydrogen) atoms. The fourth-order valence-electron chi connectivity index (χ4n) is 4.20. The molecular formula is C22H25N7O2. The van der Waals surface area contributed by atoms with Crippen molar-refractivity contribution in [2.75, 3.05) is 5.01 Å². The van der Waals surface area contributed by atoms with Gasteiger partial charge in [0.1, 0.15) is 6.34 Å². The SMILES string of the molecule is Cc1ccc2c(c1)c(C(N)=O)c1n2CC(NC(=O)c2ccc(N(N)/C=N\N)cc2)CC1. The Morgan fingerprint density at radius 2 is 1.97 bits per heavy atom. The van der Waals surface area contributed by atoms with Crippen LogP contribution in [0, 0.1) is 6.92 Å². The second-order valence-corrected chi connectivity index (χ2v) is 7.74. The van der Waals surface area contributed by atoms with Crippen LogP contribution in [-0.4, -0.2) is 28.8 Å². The number of nitrogens with zero attached hydrogens (tertiary/aromatic N) is 3. The summed E-state index contributed by atoms with van der Waals surface area (Å²) in [5.41, 5.74) is 10.4. The first kappa shape index (κ1) is 20.4. The van der Waals surface area contributed by atoms with Gasteiger partial charge in [-0.25, -0.2) is 5.84 Å². The standard InChI is InChI=1S/C22H25N7O2/c1-13-2-8-18-17(10-13)20(21(23)30)19-9-5-15(11-28(18)19)27-22(31)14-3-6-16(7-4-14)29(25)12-26-24/h2-4,6-8,10,12,15H,5,9,11,24-25H2,1H3,(H2,23,30)(H,27,31)/b26-12-. The van der Waals surface area contributed by atoms with Crippen LogP contribution in [0.4, 0.5) is 5.69 Å². The van der Waals surface area contributed by atoms with Crippen LogP contribution >= 0.6 is 0 Å². The van der Waals surface area contributed by atoms with Crippen LogP contribution in [0.15, 0.2) is 47.6 Å². The Bertz CT molecular complexity index is 1180. The monoisotopic (exact) mass is 419 g/mol. The molecule has 1 aliphatic rings. The molecule has 0 saturated carbocycles. The van der Waals surface area contributed by atoms with Crippen LogP contribution in [0.2, 0.25) is 0 Å². The van der Waals surface area contributed by atoms with Gasteiger partial charge in [-0.3, -0.25) is 14.6 Å². The number of hydrogen-bond donors (Lipinski definition) is 4. The lowest BCUT2D eigenvalue weighted by atomic mass is 10.0. The Kier molecular flexibility index (Phi) is 5.35. The molecule has 160 valence electrons. The highest BCUT2D eigenvalue weighted by molar-refractivity contribution is 6.08. The third-order valence-corrected chi connectivity index (χ3v) is 5.66. The van der Waals surface area contributed by atoms with Crippen LogP contribution in [-0.2, 0) is 13.0 Å². The van der Waals surface area contributed by atoms with Gasteiger partial charge in [0.25, 0.3) is 11.8 Å². The second-order valence-electron chi connectivity index (χ2n) is 7.74. The first-order chi connectivity index (χ1) is 14.9. The van der Waals surface area contributed by atoms with Gasteiger partial charge in [-0.15, -0.1) is 0 Å². The quantitative estimate of drug-likeness (QED) is 0.214. The predicted molar refractivity (Wildman–Crippen MR) is 121 cm³/mol. The number of fused-ring (bicyclic) bond motifs is 3. The zero-order valence-electron chi connectivity index (χ0n) is 17.2. The molecule has 1 atom stereocenters. The number of amides is 2. The molecule has 0 bridgehead atoms. The molecule has 1 unspecified atom stereocenters. The largest absolute Gasteiger partial charge is 0.366 e. The van der Waals surface area contributed by atoms with Gasteiger partial charge in [0, 0.05) is 34.7 Å². The molecule has 2 amide bonds. The highest BCUT2D eigenvalue weighted by atomic mass is 16.2. The van der Waals surface area contributed by atoms with E-state index in [1.807, 2.05) is 25.1 Å². The third kappa shape index (κ3) is 3.82. The highest BCUT2D eigenvalue weighted by Crippen LogP contribution is 2.31. The molecule has 0 saturated heterocycles. The van der Waals surface area contributed by atoms with Gasteiger partial charge in [0.15, 0.2) is 0 Å². The van der Waals surface area contributed by atoms with Gasteiger partial charge in [0.05, 0.1) is 11.3 Å². The zero-order valence-corrected chi connectivity index (χ0v) is 17.2. The maximum absolute atomic E-state index is 12.8. The molecule has 7 N–H and O–H groups in total. The first-order valence-electron chi connectivity index (χ1n) is 9.98. The van der Waals surface area contributed by atoms with Crippen molar-refractivity contribution >= 4 is 34.7 Å². The molecule has 1 aliphatic heterocycles. The Hall–Kier alpha value is -3.85. The van der Waals surface area contributed by atoms with Crippen LogP contribution in [0.25, 0.3) is 10.9 Å². The molecule has 1 aromatic heterocycles. The summed E-state index contributed by atoms with van der Waals surface area (Å²) in [6.07, 6.45) is 2.66. The number of nitrogens with two attached hydrogens (primary N) is 3. The summed E-state index contributed by atoms with van der Waals surface area (Å²) in [4.78, 5) is 24.9. The van der Waals surface area contributed by atoms with Crippen molar-refractivity contribution in [3.63, 3.8) is 0 Å². The van der Waals surface area contributed by atoms with Crippen molar-refractivity contribution in [3.8, 4) is 0 Å². The van der Waals surface area contributed by atoms with E-state index in [0.717, 1.165) is 28.6 Å². The molecule has 0 radical (unpaired) electrons. The van der Waals surface area contributed by atoms with Crippen molar-refractivity contribution < 1.29 is 9.59 Å². The lowest BCUT2D eigenvalue weighted by Crippen LogP contribution is -2.41. The molecule has 0 spiro atoms.